The summed E-state index contributed by atoms with van der Waals surface area (Å²) >= 11 is 0. The Kier molecular flexibility index (Phi) is 4.39. The first-order valence-electron chi connectivity index (χ1n) is 7.76. The summed E-state index contributed by atoms with van der Waals surface area (Å²) in [5.41, 5.74) is 4.20. The zero-order valence-corrected chi connectivity index (χ0v) is 13.7. The molecule has 0 saturated carbocycles. The van der Waals surface area contributed by atoms with Gasteiger partial charge in [0.05, 0.1) is 5.69 Å². The van der Waals surface area contributed by atoms with Crippen molar-refractivity contribution in [2.75, 3.05) is 7.05 Å². The number of hydrogen-bond acceptors (Lipinski definition) is 3. The van der Waals surface area contributed by atoms with Gasteiger partial charge in [-0.05, 0) is 44.7 Å². The zero-order chi connectivity index (χ0) is 16.4. The third kappa shape index (κ3) is 3.40. The average Bonchev–Trinajstić information content (AvgIpc) is 2.84. The van der Waals surface area contributed by atoms with Crippen LogP contribution in [0.2, 0.25) is 0 Å². The molecule has 0 spiro atoms. The Labute approximate surface area is 135 Å². The van der Waals surface area contributed by atoms with Gasteiger partial charge >= 0.3 is 0 Å². The summed E-state index contributed by atoms with van der Waals surface area (Å²) in [4.78, 5) is 14.1. The van der Waals surface area contributed by atoms with Crippen LogP contribution in [0.4, 0.5) is 4.39 Å². The van der Waals surface area contributed by atoms with E-state index in [1.54, 1.807) is 30.7 Å². The van der Waals surface area contributed by atoms with Crippen molar-refractivity contribution in [2.24, 2.45) is 0 Å². The van der Waals surface area contributed by atoms with Crippen LogP contribution in [0, 0.1) is 12.7 Å². The third-order valence-electron chi connectivity index (χ3n) is 4.41. The van der Waals surface area contributed by atoms with Gasteiger partial charge in [-0.15, -0.1) is 0 Å². The number of likely N-dealkylation sites (N-methyl/N-ethyl adjacent to an activating group) is 1. The Bertz CT molecular complexity index is 797. The fourth-order valence-electron chi connectivity index (χ4n) is 2.81. The Morgan fingerprint density at radius 1 is 1.30 bits per heavy atom. The fourth-order valence-corrected chi connectivity index (χ4v) is 2.81. The maximum absolute atomic E-state index is 13.4. The van der Waals surface area contributed by atoms with Crippen molar-refractivity contribution in [1.82, 2.24) is 19.9 Å². The smallest absolute Gasteiger partial charge is 0.123 e. The van der Waals surface area contributed by atoms with Gasteiger partial charge in [0.2, 0.25) is 0 Å². The Morgan fingerprint density at radius 2 is 2.13 bits per heavy atom. The SMILES string of the molecule is Cc1c(CN(C)[C@@H](C)Cc2cnccn2)[nH]c2ccc(F)cc12. The highest BCUT2D eigenvalue weighted by Crippen LogP contribution is 2.24. The molecule has 0 aliphatic heterocycles. The molecule has 5 heteroatoms. The number of nitrogens with one attached hydrogen (secondary N) is 1. The highest BCUT2D eigenvalue weighted by Gasteiger charge is 2.15. The van der Waals surface area contributed by atoms with E-state index in [9.17, 15) is 4.39 Å². The number of aromatic amines is 1. The van der Waals surface area contributed by atoms with E-state index >= 15 is 0 Å². The van der Waals surface area contributed by atoms with Crippen molar-refractivity contribution in [2.45, 2.75) is 32.9 Å². The molecule has 1 aromatic carbocycles. The Morgan fingerprint density at radius 3 is 2.87 bits per heavy atom. The maximum Gasteiger partial charge on any atom is 0.123 e. The van der Waals surface area contributed by atoms with E-state index < -0.39 is 0 Å². The van der Waals surface area contributed by atoms with E-state index in [-0.39, 0.29) is 5.82 Å². The quantitative estimate of drug-likeness (QED) is 0.784. The van der Waals surface area contributed by atoms with Crippen molar-refractivity contribution in [3.8, 4) is 0 Å². The van der Waals surface area contributed by atoms with Crippen LogP contribution in [-0.4, -0.2) is 32.9 Å². The molecule has 23 heavy (non-hydrogen) atoms. The first-order valence-corrected chi connectivity index (χ1v) is 7.76. The number of aryl methyl sites for hydroxylation is 1. The molecule has 1 N–H and O–H groups in total. The molecule has 2 aromatic heterocycles. The molecule has 2 heterocycles. The first-order chi connectivity index (χ1) is 11.0. The molecule has 0 aliphatic rings. The maximum atomic E-state index is 13.4. The van der Waals surface area contributed by atoms with E-state index in [0.717, 1.165) is 40.8 Å². The van der Waals surface area contributed by atoms with Gasteiger partial charge in [0.1, 0.15) is 5.82 Å². The largest absolute Gasteiger partial charge is 0.357 e. The monoisotopic (exact) mass is 312 g/mol. The molecular weight excluding hydrogens is 291 g/mol. The number of hydrogen-bond donors (Lipinski definition) is 1. The van der Waals surface area contributed by atoms with Gasteiger partial charge in [0.15, 0.2) is 0 Å². The van der Waals surface area contributed by atoms with Gasteiger partial charge in [0.25, 0.3) is 0 Å². The van der Waals surface area contributed by atoms with Gasteiger partial charge in [0, 0.05) is 54.2 Å². The summed E-state index contributed by atoms with van der Waals surface area (Å²) in [6.07, 6.45) is 6.06. The van der Waals surface area contributed by atoms with Crippen LogP contribution < -0.4 is 0 Å². The number of nitrogens with zero attached hydrogens (tertiary/aromatic N) is 3. The number of rotatable bonds is 5. The summed E-state index contributed by atoms with van der Waals surface area (Å²) in [7, 11) is 2.09. The highest BCUT2D eigenvalue weighted by molar-refractivity contribution is 5.84. The number of benzene rings is 1. The minimum Gasteiger partial charge on any atom is -0.357 e. The second kappa shape index (κ2) is 6.46. The summed E-state index contributed by atoms with van der Waals surface area (Å²) < 4.78 is 13.4. The molecule has 0 bridgehead atoms. The summed E-state index contributed by atoms with van der Waals surface area (Å²) in [6.45, 7) is 4.99. The molecular formula is C18H21FN4. The van der Waals surface area contributed by atoms with Crippen LogP contribution in [-0.2, 0) is 13.0 Å². The number of H-pyrrole nitrogens is 1. The van der Waals surface area contributed by atoms with Gasteiger partial charge in [-0.1, -0.05) is 0 Å². The summed E-state index contributed by atoms with van der Waals surface area (Å²) in [5.74, 6) is -0.199. The highest BCUT2D eigenvalue weighted by atomic mass is 19.1. The van der Waals surface area contributed by atoms with Gasteiger partial charge in [-0.2, -0.15) is 0 Å². The number of halogens is 1. The predicted octanol–water partition coefficient (Wildman–Crippen LogP) is 3.47. The molecule has 0 aliphatic carbocycles. The first kappa shape index (κ1) is 15.6. The van der Waals surface area contributed by atoms with E-state index in [1.807, 2.05) is 6.92 Å². The van der Waals surface area contributed by atoms with Gasteiger partial charge in [-0.3, -0.25) is 14.9 Å². The molecule has 0 unspecified atom stereocenters. The van der Waals surface area contributed by atoms with E-state index in [2.05, 4.69) is 33.8 Å². The van der Waals surface area contributed by atoms with Crippen LogP contribution in [0.15, 0.2) is 36.8 Å². The number of aromatic nitrogens is 3. The Balaban J connectivity index is 1.74. The molecule has 1 atom stereocenters. The standard InChI is InChI=1S/C18H21FN4/c1-12(8-15-10-20-6-7-21-15)23(3)11-18-13(2)16-9-14(19)4-5-17(16)22-18/h4-7,9-10,12,22H,8,11H2,1-3H3/t12-/m0/s1. The minimum atomic E-state index is -0.199. The van der Waals surface area contributed by atoms with E-state index in [4.69, 9.17) is 0 Å². The predicted molar refractivity (Wildman–Crippen MR) is 89.7 cm³/mol. The second-order valence-electron chi connectivity index (χ2n) is 6.08. The summed E-state index contributed by atoms with van der Waals surface area (Å²) in [5, 5.41) is 0.954. The molecule has 120 valence electrons. The molecule has 0 amide bonds. The van der Waals surface area contributed by atoms with Crippen LogP contribution in [0.25, 0.3) is 10.9 Å². The molecule has 0 fully saturated rings. The number of fused-ring (bicyclic) bond motifs is 1. The third-order valence-corrected chi connectivity index (χ3v) is 4.41. The second-order valence-corrected chi connectivity index (χ2v) is 6.08. The average molecular weight is 312 g/mol. The molecule has 0 radical (unpaired) electrons. The lowest BCUT2D eigenvalue weighted by Crippen LogP contribution is -2.31. The molecule has 0 saturated heterocycles. The minimum absolute atomic E-state index is 0.199. The van der Waals surface area contributed by atoms with Crippen molar-refractivity contribution in [3.05, 3.63) is 59.6 Å². The van der Waals surface area contributed by atoms with E-state index in [1.165, 1.54) is 6.07 Å². The van der Waals surface area contributed by atoms with Crippen LogP contribution >= 0.6 is 0 Å². The van der Waals surface area contributed by atoms with Crippen molar-refractivity contribution in [1.29, 1.82) is 0 Å². The van der Waals surface area contributed by atoms with Gasteiger partial charge < -0.3 is 4.98 Å². The zero-order valence-electron chi connectivity index (χ0n) is 13.7. The van der Waals surface area contributed by atoms with Crippen LogP contribution in [0.5, 0.6) is 0 Å². The molecule has 3 aromatic rings. The molecule has 3 rings (SSSR count). The van der Waals surface area contributed by atoms with Gasteiger partial charge in [-0.25, -0.2) is 4.39 Å². The van der Waals surface area contributed by atoms with Crippen molar-refractivity contribution >= 4 is 10.9 Å². The van der Waals surface area contributed by atoms with Crippen LogP contribution in [0.1, 0.15) is 23.9 Å². The normalized spacial score (nSPS) is 12.9. The van der Waals surface area contributed by atoms with Crippen molar-refractivity contribution in [3.63, 3.8) is 0 Å². The van der Waals surface area contributed by atoms with Crippen molar-refractivity contribution < 1.29 is 4.39 Å². The molecule has 4 nitrogen and oxygen atoms in total. The topological polar surface area (TPSA) is 44.8 Å². The lowest BCUT2D eigenvalue weighted by molar-refractivity contribution is 0.244. The Hall–Kier alpha value is -2.27. The fraction of sp³-hybridized carbons (Fsp3) is 0.333. The van der Waals surface area contributed by atoms with Crippen LogP contribution in [0.3, 0.4) is 0 Å². The summed E-state index contributed by atoms with van der Waals surface area (Å²) in [6, 6.07) is 5.20. The lowest BCUT2D eigenvalue weighted by atomic mass is 10.1. The van der Waals surface area contributed by atoms with E-state index in [0.29, 0.717) is 6.04 Å². The lowest BCUT2D eigenvalue weighted by Gasteiger charge is -2.24.